The highest BCUT2D eigenvalue weighted by atomic mass is 15.5. The molecule has 0 bridgehead atoms. The molecule has 1 heterocycles. The third-order valence-electron chi connectivity index (χ3n) is 1.14. The summed E-state index contributed by atoms with van der Waals surface area (Å²) >= 11 is 0. The van der Waals surface area contributed by atoms with Crippen LogP contribution in [0, 0.1) is 13.8 Å². The number of nitrogens with two attached hydrogens (primary N) is 1. The first-order valence-corrected chi connectivity index (χ1v) is 2.94. The van der Waals surface area contributed by atoms with Crippen LogP contribution in [0.15, 0.2) is 11.2 Å². The van der Waals surface area contributed by atoms with E-state index >= 15 is 0 Å². The summed E-state index contributed by atoms with van der Waals surface area (Å²) in [6.45, 7) is 3.80. The maximum Gasteiger partial charge on any atom is 0.538 e. The molecule has 0 atom stereocenters. The van der Waals surface area contributed by atoms with E-state index in [9.17, 15) is 0 Å². The predicted octanol–water partition coefficient (Wildman–Crippen LogP) is 0.127. The molecule has 10 heavy (non-hydrogen) atoms. The van der Waals surface area contributed by atoms with Crippen LogP contribution in [0.1, 0.15) is 11.4 Å². The fraction of sp³-hybridized carbons (Fsp3) is 0.333. The Balaban J connectivity index is 3.03. The van der Waals surface area contributed by atoms with Crippen LogP contribution in [0.25, 0.3) is 0 Å². The van der Waals surface area contributed by atoms with Crippen molar-refractivity contribution >= 4 is 6.34 Å². The Morgan fingerprint density at radius 2 is 2.40 bits per heavy atom. The largest absolute Gasteiger partial charge is 0.538 e. The summed E-state index contributed by atoms with van der Waals surface area (Å²) in [7, 11) is 0. The fourth-order valence-electron chi connectivity index (χ4n) is 0.773. The second-order valence-electron chi connectivity index (χ2n) is 2.05. The monoisotopic (exact) mass is 137 g/mol. The molecule has 0 fully saturated rings. The van der Waals surface area contributed by atoms with Gasteiger partial charge in [-0.25, -0.2) is 0 Å². The number of nitrogens with zero attached hydrogens (tertiary/aromatic N) is 3. The van der Waals surface area contributed by atoms with E-state index in [1.165, 1.54) is 4.79 Å². The summed E-state index contributed by atoms with van der Waals surface area (Å²) in [5.41, 5.74) is 6.84. The van der Waals surface area contributed by atoms with Gasteiger partial charge in [0.25, 0.3) is 0 Å². The molecule has 1 aromatic heterocycles. The summed E-state index contributed by atoms with van der Waals surface area (Å²) in [5, 5.41) is 7.67. The van der Waals surface area contributed by atoms with E-state index in [1.807, 2.05) is 19.9 Å². The quantitative estimate of drug-likeness (QED) is 0.259. The van der Waals surface area contributed by atoms with E-state index in [0.717, 1.165) is 11.4 Å². The van der Waals surface area contributed by atoms with Crippen LogP contribution in [-0.4, -0.2) is 16.2 Å². The molecule has 4 nitrogen and oxygen atoms in total. The summed E-state index contributed by atoms with van der Waals surface area (Å²) in [6.07, 6.45) is 2.16. The van der Waals surface area contributed by atoms with E-state index in [-0.39, 0.29) is 0 Å². The zero-order chi connectivity index (χ0) is 7.56. The molecule has 0 spiro atoms. The number of aromatic nitrogens is 2. The van der Waals surface area contributed by atoms with Crippen molar-refractivity contribution in [2.45, 2.75) is 13.8 Å². The summed E-state index contributed by atoms with van der Waals surface area (Å²) in [4.78, 5) is 1.44. The minimum atomic E-state index is 0.927. The van der Waals surface area contributed by atoms with Crippen molar-refractivity contribution in [1.29, 1.82) is 0 Å². The topological polar surface area (TPSA) is 56.2 Å². The molecule has 52 valence electrons. The lowest BCUT2D eigenvalue weighted by Crippen LogP contribution is -1.98. The lowest BCUT2D eigenvalue weighted by molar-refractivity contribution is 0.710. The minimum Gasteiger partial charge on any atom is -0.173 e. The van der Waals surface area contributed by atoms with E-state index in [2.05, 4.69) is 16.5 Å². The minimum absolute atomic E-state index is 0.927. The van der Waals surface area contributed by atoms with Gasteiger partial charge in [-0.05, 0) is 19.9 Å². The fourth-order valence-corrected chi connectivity index (χ4v) is 0.773. The van der Waals surface area contributed by atoms with Crippen molar-refractivity contribution in [2.24, 2.45) is 10.8 Å². The molecule has 1 aromatic rings. The van der Waals surface area contributed by atoms with Gasteiger partial charge in [-0.2, -0.15) is 10.8 Å². The highest BCUT2D eigenvalue weighted by Crippen LogP contribution is 1.99. The number of hydrogen-bond donors (Lipinski definition) is 1. The second kappa shape index (κ2) is 2.45. The van der Waals surface area contributed by atoms with Gasteiger partial charge in [-0.1, -0.05) is 0 Å². The third-order valence-corrected chi connectivity index (χ3v) is 1.14. The van der Waals surface area contributed by atoms with E-state index in [4.69, 9.17) is 5.73 Å². The highest BCUT2D eigenvalue weighted by molar-refractivity contribution is 5.50. The zero-order valence-electron chi connectivity index (χ0n) is 6.00. The molecule has 2 N–H and O–H groups in total. The molecule has 1 rings (SSSR count). The zero-order valence-corrected chi connectivity index (χ0v) is 6.00. The summed E-state index contributed by atoms with van der Waals surface area (Å²) in [5.74, 6) is 0. The third kappa shape index (κ3) is 1.11. The van der Waals surface area contributed by atoms with Gasteiger partial charge >= 0.3 is 6.34 Å². The Kier molecular flexibility index (Phi) is 1.65. The van der Waals surface area contributed by atoms with Crippen LogP contribution in [0.2, 0.25) is 0 Å². The molecule has 0 aromatic carbocycles. The van der Waals surface area contributed by atoms with Crippen molar-refractivity contribution in [3.63, 3.8) is 0 Å². The molecule has 0 aliphatic heterocycles. The SMILES string of the molecule is Cc1cc(C)n(N=[C+]N)n1. The van der Waals surface area contributed by atoms with Crippen molar-refractivity contribution in [3.8, 4) is 0 Å². The van der Waals surface area contributed by atoms with Crippen LogP contribution in [-0.2, 0) is 0 Å². The first-order chi connectivity index (χ1) is 4.74. The second-order valence-corrected chi connectivity index (χ2v) is 2.05. The average molecular weight is 137 g/mol. The van der Waals surface area contributed by atoms with Crippen LogP contribution >= 0.6 is 0 Å². The Labute approximate surface area is 59.3 Å². The van der Waals surface area contributed by atoms with Crippen molar-refractivity contribution in [2.75, 3.05) is 0 Å². The molecular weight excluding hydrogens is 128 g/mol. The van der Waals surface area contributed by atoms with E-state index in [1.54, 1.807) is 0 Å². The van der Waals surface area contributed by atoms with Crippen LogP contribution < -0.4 is 5.73 Å². The van der Waals surface area contributed by atoms with E-state index in [0.29, 0.717) is 0 Å². The smallest absolute Gasteiger partial charge is 0.173 e. The molecule has 0 radical (unpaired) electrons. The molecule has 0 unspecified atom stereocenters. The number of hydrogen-bond acceptors (Lipinski definition) is 2. The van der Waals surface area contributed by atoms with Crippen molar-refractivity contribution in [1.82, 2.24) is 9.89 Å². The first kappa shape index (κ1) is 6.71. The molecule has 0 aliphatic rings. The lowest BCUT2D eigenvalue weighted by Gasteiger charge is -1.82. The number of aryl methyl sites for hydroxylation is 2. The maximum atomic E-state index is 4.96. The summed E-state index contributed by atoms with van der Waals surface area (Å²) in [6, 6.07) is 1.92. The highest BCUT2D eigenvalue weighted by Gasteiger charge is 2.00. The van der Waals surface area contributed by atoms with Gasteiger partial charge in [0.2, 0.25) is 0 Å². The Morgan fingerprint density at radius 3 is 2.80 bits per heavy atom. The lowest BCUT2D eigenvalue weighted by atomic mass is 10.4. The standard InChI is InChI=1S/C6H9N4/c1-5-3-6(2)10(9-5)8-4-7/h3H,1-2H3,(H2,7,8)/q+1. The Bertz CT molecular complexity index is 248. The van der Waals surface area contributed by atoms with E-state index < -0.39 is 0 Å². The van der Waals surface area contributed by atoms with Gasteiger partial charge in [0.05, 0.1) is 11.4 Å². The molecule has 0 saturated carbocycles. The maximum absolute atomic E-state index is 4.96. The molecule has 0 amide bonds. The van der Waals surface area contributed by atoms with Gasteiger partial charge in [0.15, 0.2) is 0 Å². The Hall–Kier alpha value is -1.41. The molecule has 4 heteroatoms. The molecule has 0 saturated heterocycles. The summed E-state index contributed by atoms with van der Waals surface area (Å²) < 4.78 is 0. The van der Waals surface area contributed by atoms with Gasteiger partial charge in [-0.15, -0.1) is 4.79 Å². The average Bonchev–Trinajstić information content (AvgIpc) is 2.13. The van der Waals surface area contributed by atoms with Crippen LogP contribution in [0.4, 0.5) is 0 Å². The number of rotatable bonds is 1. The Morgan fingerprint density at radius 1 is 1.70 bits per heavy atom. The predicted molar refractivity (Wildman–Crippen MR) is 38.7 cm³/mol. The van der Waals surface area contributed by atoms with Crippen molar-refractivity contribution in [3.05, 3.63) is 17.5 Å². The van der Waals surface area contributed by atoms with Gasteiger partial charge in [0, 0.05) is 0 Å². The van der Waals surface area contributed by atoms with Crippen LogP contribution in [0.3, 0.4) is 0 Å². The van der Waals surface area contributed by atoms with Crippen molar-refractivity contribution < 1.29 is 0 Å². The van der Waals surface area contributed by atoms with Gasteiger partial charge < -0.3 is 0 Å². The molecule has 0 aliphatic carbocycles. The molecular formula is C6H9N4+. The van der Waals surface area contributed by atoms with Gasteiger partial charge in [-0.3, -0.25) is 0 Å². The normalized spacial score (nSPS) is 10.2. The van der Waals surface area contributed by atoms with Crippen LogP contribution in [0.5, 0.6) is 0 Å². The first-order valence-electron chi connectivity index (χ1n) is 2.94. The van der Waals surface area contributed by atoms with Gasteiger partial charge in [0.1, 0.15) is 5.10 Å².